The summed E-state index contributed by atoms with van der Waals surface area (Å²) in [5, 5.41) is 9.42. The fraction of sp³-hybridized carbons (Fsp3) is 0.704. The Labute approximate surface area is 204 Å². The first kappa shape index (κ1) is 25.1. The molecule has 1 N–H and O–H groups in total. The van der Waals surface area contributed by atoms with Crippen LogP contribution in [0.3, 0.4) is 0 Å². The van der Waals surface area contributed by atoms with Crippen LogP contribution in [-0.2, 0) is 19.9 Å². The van der Waals surface area contributed by atoms with E-state index in [1.54, 1.807) is 4.90 Å². The minimum absolute atomic E-state index is 0.00541. The Kier molecular flexibility index (Phi) is 7.09. The molecular weight excluding hydrogens is 430 g/mol. The number of hydrogen-bond donors (Lipinski definition) is 1. The van der Waals surface area contributed by atoms with Gasteiger partial charge in [-0.2, -0.15) is 0 Å². The number of aliphatic hydroxyl groups is 1. The molecule has 0 radical (unpaired) electrons. The van der Waals surface area contributed by atoms with Gasteiger partial charge in [0.1, 0.15) is 0 Å². The van der Waals surface area contributed by atoms with E-state index < -0.39 is 5.41 Å². The van der Waals surface area contributed by atoms with Crippen molar-refractivity contribution in [2.75, 3.05) is 53.5 Å². The second kappa shape index (κ2) is 9.59. The zero-order chi connectivity index (χ0) is 24.6. The number of likely N-dealkylation sites (tertiary alicyclic amines) is 1. The van der Waals surface area contributed by atoms with Gasteiger partial charge in [-0.05, 0) is 64.6 Å². The molecule has 1 aromatic rings. The van der Waals surface area contributed by atoms with Gasteiger partial charge >= 0.3 is 0 Å². The van der Waals surface area contributed by atoms with Crippen LogP contribution in [-0.4, -0.2) is 91.2 Å². The molecule has 0 aromatic heterocycles. The topological polar surface area (TPSA) is 73.3 Å². The average Bonchev–Trinajstić information content (AvgIpc) is 3.13. The van der Waals surface area contributed by atoms with Crippen molar-refractivity contribution in [3.63, 3.8) is 0 Å². The highest BCUT2D eigenvalue weighted by Gasteiger charge is 2.51. The monoisotopic (exact) mass is 471 g/mol. The van der Waals surface area contributed by atoms with Crippen molar-refractivity contribution < 1.29 is 19.4 Å². The van der Waals surface area contributed by atoms with Gasteiger partial charge in [0.05, 0.1) is 24.7 Å². The molecule has 1 spiro atoms. The van der Waals surface area contributed by atoms with E-state index in [0.717, 1.165) is 32.2 Å². The third-order valence-electron chi connectivity index (χ3n) is 8.50. The number of rotatable bonds is 6. The number of morpholine rings is 1. The molecule has 3 aliphatic rings. The molecular formula is C27H41N3O4. The first-order valence-electron chi connectivity index (χ1n) is 12.6. The Morgan fingerprint density at radius 3 is 2.47 bits per heavy atom. The number of benzene rings is 1. The van der Waals surface area contributed by atoms with Gasteiger partial charge in [-0.3, -0.25) is 14.5 Å². The number of amides is 2. The number of carbonyl (C=O) groups is 2. The van der Waals surface area contributed by atoms with E-state index in [1.807, 2.05) is 18.7 Å². The lowest BCUT2D eigenvalue weighted by molar-refractivity contribution is -0.151. The predicted molar refractivity (Wildman–Crippen MR) is 131 cm³/mol. The summed E-state index contributed by atoms with van der Waals surface area (Å²) in [5.74, 6) is 0.204. The summed E-state index contributed by atoms with van der Waals surface area (Å²) in [6.45, 7) is 6.33. The highest BCUT2D eigenvalue weighted by atomic mass is 16.5. The van der Waals surface area contributed by atoms with Gasteiger partial charge in [0.2, 0.25) is 11.8 Å². The van der Waals surface area contributed by atoms with E-state index >= 15 is 0 Å². The maximum absolute atomic E-state index is 13.3. The zero-order valence-corrected chi connectivity index (χ0v) is 21.3. The summed E-state index contributed by atoms with van der Waals surface area (Å²) in [6.07, 6.45) is 4.35. The molecule has 1 aliphatic carbocycles. The highest BCUT2D eigenvalue weighted by molar-refractivity contribution is 5.84. The standard InChI is InChI=1S/C27H41N3O4/c1-25(2,24(33)29-14-15-34-22(17-29)18-31)19-30-20-26(16-23(30)32)10-12-27(13-11-26,28(3)4)21-8-6-5-7-9-21/h5-9,22,31H,10-20H2,1-4H3. The van der Waals surface area contributed by atoms with E-state index in [0.29, 0.717) is 32.7 Å². The summed E-state index contributed by atoms with van der Waals surface area (Å²) >= 11 is 0. The van der Waals surface area contributed by atoms with Gasteiger partial charge < -0.3 is 19.6 Å². The number of nitrogens with zero attached hydrogens (tertiary/aromatic N) is 3. The third-order valence-corrected chi connectivity index (χ3v) is 8.50. The smallest absolute Gasteiger partial charge is 0.230 e. The quantitative estimate of drug-likeness (QED) is 0.690. The maximum atomic E-state index is 13.3. The van der Waals surface area contributed by atoms with Crippen molar-refractivity contribution in [1.29, 1.82) is 0 Å². The van der Waals surface area contributed by atoms with Crippen molar-refractivity contribution in [3.05, 3.63) is 35.9 Å². The summed E-state index contributed by atoms with van der Waals surface area (Å²) in [4.78, 5) is 32.5. The Morgan fingerprint density at radius 1 is 1.18 bits per heavy atom. The van der Waals surface area contributed by atoms with Crippen LogP contribution in [0, 0.1) is 10.8 Å². The Morgan fingerprint density at radius 2 is 1.85 bits per heavy atom. The first-order valence-corrected chi connectivity index (χ1v) is 12.6. The van der Waals surface area contributed by atoms with E-state index in [9.17, 15) is 14.7 Å². The Bertz CT molecular complexity index is 877. The molecule has 2 saturated heterocycles. The highest BCUT2D eigenvalue weighted by Crippen LogP contribution is 2.52. The molecule has 1 atom stereocenters. The molecule has 34 heavy (non-hydrogen) atoms. The van der Waals surface area contributed by atoms with Crippen molar-refractivity contribution in [3.8, 4) is 0 Å². The van der Waals surface area contributed by atoms with Gasteiger partial charge in [0.25, 0.3) is 0 Å². The molecule has 1 aromatic carbocycles. The first-order chi connectivity index (χ1) is 16.1. The zero-order valence-electron chi connectivity index (χ0n) is 21.3. The van der Waals surface area contributed by atoms with Crippen LogP contribution in [0.4, 0.5) is 0 Å². The van der Waals surface area contributed by atoms with E-state index in [2.05, 4.69) is 49.3 Å². The van der Waals surface area contributed by atoms with Gasteiger partial charge in [-0.25, -0.2) is 0 Å². The van der Waals surface area contributed by atoms with Gasteiger partial charge in [-0.1, -0.05) is 30.3 Å². The van der Waals surface area contributed by atoms with Crippen LogP contribution in [0.15, 0.2) is 30.3 Å². The molecule has 2 amide bonds. The largest absolute Gasteiger partial charge is 0.394 e. The van der Waals surface area contributed by atoms with Crippen LogP contribution in [0.2, 0.25) is 0 Å². The normalized spacial score (nSPS) is 30.4. The van der Waals surface area contributed by atoms with Crippen LogP contribution in [0.25, 0.3) is 0 Å². The number of hydrogen-bond acceptors (Lipinski definition) is 5. The molecule has 2 heterocycles. The van der Waals surface area contributed by atoms with Crippen molar-refractivity contribution in [2.24, 2.45) is 10.8 Å². The lowest BCUT2D eigenvalue weighted by atomic mass is 9.64. The number of aliphatic hydroxyl groups excluding tert-OH is 1. The molecule has 4 rings (SSSR count). The van der Waals surface area contributed by atoms with Crippen molar-refractivity contribution in [1.82, 2.24) is 14.7 Å². The Hall–Kier alpha value is -1.96. The van der Waals surface area contributed by atoms with E-state index in [1.165, 1.54) is 5.56 Å². The van der Waals surface area contributed by atoms with Crippen molar-refractivity contribution in [2.45, 2.75) is 57.6 Å². The van der Waals surface area contributed by atoms with Gasteiger partial charge in [-0.15, -0.1) is 0 Å². The third kappa shape index (κ3) is 4.75. The summed E-state index contributed by atoms with van der Waals surface area (Å²) in [6, 6.07) is 10.7. The Balaban J connectivity index is 1.42. The minimum atomic E-state index is -0.676. The molecule has 1 unspecified atom stereocenters. The second-order valence-corrected chi connectivity index (χ2v) is 11.5. The lowest BCUT2D eigenvalue weighted by Crippen LogP contribution is -2.53. The summed E-state index contributed by atoms with van der Waals surface area (Å²) < 4.78 is 5.50. The SMILES string of the molecule is CN(C)C1(c2ccccc2)CCC2(CC1)CC(=O)N(CC(C)(C)C(=O)N1CCOC(CO)C1)C2. The van der Waals surface area contributed by atoms with E-state index in [-0.39, 0.29) is 35.5 Å². The lowest BCUT2D eigenvalue weighted by Gasteiger charge is -2.49. The number of carbonyl (C=O) groups excluding carboxylic acids is 2. The van der Waals surface area contributed by atoms with Crippen LogP contribution in [0.5, 0.6) is 0 Å². The average molecular weight is 472 g/mol. The molecule has 1 saturated carbocycles. The van der Waals surface area contributed by atoms with Crippen LogP contribution >= 0.6 is 0 Å². The maximum Gasteiger partial charge on any atom is 0.230 e. The molecule has 7 nitrogen and oxygen atoms in total. The molecule has 7 heteroatoms. The van der Waals surface area contributed by atoms with E-state index in [4.69, 9.17) is 4.74 Å². The van der Waals surface area contributed by atoms with Gasteiger partial charge in [0, 0.05) is 38.1 Å². The van der Waals surface area contributed by atoms with Crippen LogP contribution < -0.4 is 0 Å². The molecule has 188 valence electrons. The second-order valence-electron chi connectivity index (χ2n) is 11.5. The predicted octanol–water partition coefficient (Wildman–Crippen LogP) is 2.48. The van der Waals surface area contributed by atoms with Gasteiger partial charge in [0.15, 0.2) is 0 Å². The summed E-state index contributed by atoms with van der Waals surface area (Å²) in [5.41, 5.74) is 0.697. The fourth-order valence-electron chi connectivity index (χ4n) is 6.38. The molecule has 0 bridgehead atoms. The number of ether oxygens (including phenoxy) is 1. The van der Waals surface area contributed by atoms with Crippen LogP contribution in [0.1, 0.15) is 51.5 Å². The summed E-state index contributed by atoms with van der Waals surface area (Å²) in [7, 11) is 4.33. The fourth-order valence-corrected chi connectivity index (χ4v) is 6.38. The minimum Gasteiger partial charge on any atom is -0.394 e. The van der Waals surface area contributed by atoms with Crippen molar-refractivity contribution >= 4 is 11.8 Å². The molecule has 2 aliphatic heterocycles. The molecule has 3 fully saturated rings.